The van der Waals surface area contributed by atoms with E-state index in [2.05, 4.69) is 11.0 Å². The van der Waals surface area contributed by atoms with E-state index >= 15 is 0 Å². The van der Waals surface area contributed by atoms with Crippen molar-refractivity contribution in [1.29, 1.82) is 0 Å². The molecule has 4 heteroatoms. The second-order valence-corrected chi connectivity index (χ2v) is 6.25. The van der Waals surface area contributed by atoms with Crippen LogP contribution in [0.25, 0.3) is 0 Å². The number of benzene rings is 2. The molecule has 0 aliphatic carbocycles. The third kappa shape index (κ3) is 3.82. The molecule has 0 saturated carbocycles. The first-order valence-electron chi connectivity index (χ1n) is 8.53. The maximum Gasteiger partial charge on any atom is 0.142 e. The standard InChI is InChI=1S/C20H25NO3/c1-15(16(2)22)17-7-9-18(10-8-17)23-13-11-21-12-14-24-20-6-4-3-5-19(20)21/h3-10,15-16,22H,11-14H2,1-2H3. The third-order valence-corrected chi connectivity index (χ3v) is 4.58. The lowest BCUT2D eigenvalue weighted by Gasteiger charge is -2.31. The zero-order valence-electron chi connectivity index (χ0n) is 14.3. The highest BCUT2D eigenvalue weighted by Crippen LogP contribution is 2.30. The minimum absolute atomic E-state index is 0.129. The van der Waals surface area contributed by atoms with Gasteiger partial charge >= 0.3 is 0 Å². The molecule has 0 amide bonds. The van der Waals surface area contributed by atoms with Gasteiger partial charge in [-0.15, -0.1) is 0 Å². The monoisotopic (exact) mass is 327 g/mol. The number of aliphatic hydroxyl groups is 1. The van der Waals surface area contributed by atoms with Crippen LogP contribution in [0.2, 0.25) is 0 Å². The van der Waals surface area contributed by atoms with Crippen molar-refractivity contribution in [2.24, 2.45) is 0 Å². The fourth-order valence-corrected chi connectivity index (χ4v) is 2.88. The Bertz CT molecular complexity index is 654. The Balaban J connectivity index is 1.54. The number of fused-ring (bicyclic) bond motifs is 1. The average molecular weight is 327 g/mol. The number of rotatable bonds is 6. The van der Waals surface area contributed by atoms with E-state index in [0.717, 1.165) is 35.8 Å². The summed E-state index contributed by atoms with van der Waals surface area (Å²) in [6.07, 6.45) is -0.349. The van der Waals surface area contributed by atoms with E-state index in [0.29, 0.717) is 13.2 Å². The van der Waals surface area contributed by atoms with E-state index in [1.165, 1.54) is 0 Å². The van der Waals surface area contributed by atoms with Crippen molar-refractivity contribution in [1.82, 2.24) is 0 Å². The van der Waals surface area contributed by atoms with Gasteiger partial charge in [-0.3, -0.25) is 0 Å². The summed E-state index contributed by atoms with van der Waals surface area (Å²) in [6.45, 7) is 6.88. The summed E-state index contributed by atoms with van der Waals surface area (Å²) in [5.41, 5.74) is 2.26. The average Bonchev–Trinajstić information content (AvgIpc) is 2.62. The van der Waals surface area contributed by atoms with Crippen molar-refractivity contribution >= 4 is 5.69 Å². The lowest BCUT2D eigenvalue weighted by molar-refractivity contribution is 0.169. The highest BCUT2D eigenvalue weighted by atomic mass is 16.5. The van der Waals surface area contributed by atoms with Gasteiger partial charge in [-0.05, 0) is 36.8 Å². The summed E-state index contributed by atoms with van der Waals surface area (Å²) in [4.78, 5) is 2.29. The Hall–Kier alpha value is -2.20. The van der Waals surface area contributed by atoms with Gasteiger partial charge in [0.1, 0.15) is 24.7 Å². The smallest absolute Gasteiger partial charge is 0.142 e. The van der Waals surface area contributed by atoms with E-state index in [4.69, 9.17) is 9.47 Å². The fraction of sp³-hybridized carbons (Fsp3) is 0.400. The van der Waals surface area contributed by atoms with Crippen LogP contribution in [0.3, 0.4) is 0 Å². The van der Waals surface area contributed by atoms with Crippen LogP contribution in [0, 0.1) is 0 Å². The Morgan fingerprint density at radius 2 is 1.88 bits per heavy atom. The molecule has 1 N–H and O–H groups in total. The van der Waals surface area contributed by atoms with E-state index in [1.807, 2.05) is 56.3 Å². The molecule has 1 aliphatic rings. The Kier molecular flexibility index (Phi) is 5.26. The van der Waals surface area contributed by atoms with Gasteiger partial charge in [0.15, 0.2) is 0 Å². The molecule has 128 valence electrons. The van der Waals surface area contributed by atoms with Crippen LogP contribution in [-0.4, -0.2) is 37.5 Å². The molecule has 2 unspecified atom stereocenters. The molecule has 0 bridgehead atoms. The summed E-state index contributed by atoms with van der Waals surface area (Å²) in [6, 6.07) is 16.1. The SMILES string of the molecule is CC(O)C(C)c1ccc(OCCN2CCOc3ccccc32)cc1. The highest BCUT2D eigenvalue weighted by molar-refractivity contribution is 5.59. The molecular weight excluding hydrogens is 302 g/mol. The first-order valence-corrected chi connectivity index (χ1v) is 8.53. The van der Waals surface area contributed by atoms with Crippen molar-refractivity contribution in [3.05, 3.63) is 54.1 Å². The number of para-hydroxylation sites is 2. The number of nitrogens with zero attached hydrogens (tertiary/aromatic N) is 1. The van der Waals surface area contributed by atoms with Crippen LogP contribution < -0.4 is 14.4 Å². The van der Waals surface area contributed by atoms with Gasteiger partial charge in [-0.25, -0.2) is 0 Å². The van der Waals surface area contributed by atoms with Gasteiger partial charge in [-0.2, -0.15) is 0 Å². The van der Waals surface area contributed by atoms with Crippen molar-refractivity contribution < 1.29 is 14.6 Å². The van der Waals surface area contributed by atoms with E-state index < -0.39 is 0 Å². The van der Waals surface area contributed by atoms with Gasteiger partial charge in [0, 0.05) is 5.92 Å². The zero-order valence-corrected chi connectivity index (χ0v) is 14.3. The zero-order chi connectivity index (χ0) is 16.9. The molecule has 0 radical (unpaired) electrons. The molecule has 1 aliphatic heterocycles. The second kappa shape index (κ2) is 7.58. The van der Waals surface area contributed by atoms with Crippen molar-refractivity contribution in [2.45, 2.75) is 25.9 Å². The molecule has 1 heterocycles. The van der Waals surface area contributed by atoms with Gasteiger partial charge in [0.2, 0.25) is 0 Å². The highest BCUT2D eigenvalue weighted by Gasteiger charge is 2.17. The summed E-state index contributed by atoms with van der Waals surface area (Å²) < 4.78 is 11.5. The maximum absolute atomic E-state index is 9.66. The number of hydrogen-bond donors (Lipinski definition) is 1. The van der Waals surface area contributed by atoms with Crippen LogP contribution in [0.4, 0.5) is 5.69 Å². The van der Waals surface area contributed by atoms with Crippen molar-refractivity contribution in [3.8, 4) is 11.5 Å². The summed E-state index contributed by atoms with van der Waals surface area (Å²) in [7, 11) is 0. The first-order chi connectivity index (χ1) is 11.6. The normalized spacial score (nSPS) is 16.0. The first kappa shape index (κ1) is 16.7. The van der Waals surface area contributed by atoms with Gasteiger partial charge in [0.25, 0.3) is 0 Å². The Morgan fingerprint density at radius 1 is 1.12 bits per heavy atom. The predicted molar refractivity (Wildman–Crippen MR) is 96.2 cm³/mol. The third-order valence-electron chi connectivity index (χ3n) is 4.58. The van der Waals surface area contributed by atoms with Gasteiger partial charge in [0.05, 0.1) is 24.9 Å². The Morgan fingerprint density at radius 3 is 2.62 bits per heavy atom. The summed E-state index contributed by atoms with van der Waals surface area (Å²) in [5, 5.41) is 9.66. The second-order valence-electron chi connectivity index (χ2n) is 6.25. The van der Waals surface area contributed by atoms with Crippen molar-refractivity contribution in [3.63, 3.8) is 0 Å². The molecule has 4 nitrogen and oxygen atoms in total. The lowest BCUT2D eigenvalue weighted by atomic mass is 9.96. The van der Waals surface area contributed by atoms with E-state index in [-0.39, 0.29) is 12.0 Å². The van der Waals surface area contributed by atoms with E-state index in [1.54, 1.807) is 0 Å². The molecule has 2 aromatic carbocycles. The van der Waals surface area contributed by atoms with Gasteiger partial charge in [-0.1, -0.05) is 31.2 Å². The molecule has 24 heavy (non-hydrogen) atoms. The minimum Gasteiger partial charge on any atom is -0.492 e. The molecule has 3 rings (SSSR count). The lowest BCUT2D eigenvalue weighted by Crippen LogP contribution is -2.35. The molecule has 0 fully saturated rings. The molecule has 2 aromatic rings. The van der Waals surface area contributed by atoms with Crippen LogP contribution in [0.15, 0.2) is 48.5 Å². The number of anilines is 1. The quantitative estimate of drug-likeness (QED) is 0.882. The van der Waals surface area contributed by atoms with Crippen LogP contribution in [0.5, 0.6) is 11.5 Å². The van der Waals surface area contributed by atoms with Crippen LogP contribution in [-0.2, 0) is 0 Å². The molecule has 0 spiro atoms. The number of hydrogen-bond acceptors (Lipinski definition) is 4. The van der Waals surface area contributed by atoms with Crippen molar-refractivity contribution in [2.75, 3.05) is 31.2 Å². The predicted octanol–water partition coefficient (Wildman–Crippen LogP) is 3.45. The van der Waals surface area contributed by atoms with Gasteiger partial charge < -0.3 is 19.5 Å². The molecular formula is C20H25NO3. The Labute approximate surface area is 143 Å². The van der Waals surface area contributed by atoms with Crippen LogP contribution >= 0.6 is 0 Å². The molecule has 2 atom stereocenters. The topological polar surface area (TPSA) is 41.9 Å². The fourth-order valence-electron chi connectivity index (χ4n) is 2.88. The summed E-state index contributed by atoms with van der Waals surface area (Å²) in [5.74, 6) is 1.93. The summed E-state index contributed by atoms with van der Waals surface area (Å²) >= 11 is 0. The number of aliphatic hydroxyl groups excluding tert-OH is 1. The molecule has 0 saturated heterocycles. The molecule has 0 aromatic heterocycles. The largest absolute Gasteiger partial charge is 0.492 e. The number of ether oxygens (including phenoxy) is 2. The minimum atomic E-state index is -0.349. The van der Waals surface area contributed by atoms with E-state index in [9.17, 15) is 5.11 Å². The maximum atomic E-state index is 9.66. The van der Waals surface area contributed by atoms with Crippen LogP contribution in [0.1, 0.15) is 25.3 Å².